The molecule has 1 aliphatic heterocycles. The molecule has 0 aliphatic carbocycles. The Hall–Kier alpha value is -1.60. The fourth-order valence-corrected chi connectivity index (χ4v) is 4.91. The first-order valence-electron chi connectivity index (χ1n) is 9.55. The average molecular weight is 382 g/mol. The minimum absolute atomic E-state index is 0.0203. The van der Waals surface area contributed by atoms with Gasteiger partial charge in [0, 0.05) is 43.5 Å². The van der Waals surface area contributed by atoms with Crippen LogP contribution < -0.4 is 10.2 Å². The molecule has 146 valence electrons. The zero-order chi connectivity index (χ0) is 19.2. The largest absolute Gasteiger partial charge is 0.372 e. The molecular weight excluding hydrogens is 350 g/mol. The monoisotopic (exact) mass is 381 g/mol. The Morgan fingerprint density at radius 1 is 1.12 bits per heavy atom. The molecule has 1 saturated heterocycles. The maximum Gasteiger partial charge on any atom is 0.227 e. The van der Waals surface area contributed by atoms with Crippen molar-refractivity contribution in [2.45, 2.75) is 40.0 Å². The highest BCUT2D eigenvalue weighted by Gasteiger charge is 2.30. The van der Waals surface area contributed by atoms with Crippen molar-refractivity contribution in [1.82, 2.24) is 4.31 Å². The molecule has 26 heavy (non-hydrogen) atoms. The lowest BCUT2D eigenvalue weighted by atomic mass is 9.97. The van der Waals surface area contributed by atoms with E-state index in [1.54, 1.807) is 0 Å². The highest BCUT2D eigenvalue weighted by atomic mass is 32.2. The molecule has 0 atom stereocenters. The van der Waals surface area contributed by atoms with Gasteiger partial charge in [0.1, 0.15) is 0 Å². The van der Waals surface area contributed by atoms with Crippen molar-refractivity contribution in [2.24, 2.45) is 5.92 Å². The number of benzene rings is 1. The van der Waals surface area contributed by atoms with Gasteiger partial charge in [-0.3, -0.25) is 4.79 Å². The van der Waals surface area contributed by atoms with E-state index in [0.29, 0.717) is 32.4 Å². The van der Waals surface area contributed by atoms with E-state index >= 15 is 0 Å². The van der Waals surface area contributed by atoms with Gasteiger partial charge in [-0.2, -0.15) is 0 Å². The molecule has 1 fully saturated rings. The summed E-state index contributed by atoms with van der Waals surface area (Å²) in [5.74, 6) is 0.0293. The van der Waals surface area contributed by atoms with Crippen LogP contribution in [-0.4, -0.2) is 50.6 Å². The number of rotatable bonds is 8. The minimum atomic E-state index is -3.16. The van der Waals surface area contributed by atoms with Crippen molar-refractivity contribution in [3.8, 4) is 0 Å². The lowest BCUT2D eigenvalue weighted by Crippen LogP contribution is -2.42. The van der Waals surface area contributed by atoms with Gasteiger partial charge in [-0.25, -0.2) is 12.7 Å². The molecule has 0 bridgehead atoms. The average Bonchev–Trinajstić information content (AvgIpc) is 2.64. The lowest BCUT2D eigenvalue weighted by Gasteiger charge is -2.30. The maximum atomic E-state index is 12.5. The van der Waals surface area contributed by atoms with Crippen molar-refractivity contribution in [1.29, 1.82) is 0 Å². The van der Waals surface area contributed by atoms with Gasteiger partial charge in [-0.1, -0.05) is 6.92 Å². The van der Waals surface area contributed by atoms with E-state index in [1.807, 2.05) is 31.2 Å². The maximum absolute atomic E-state index is 12.5. The van der Waals surface area contributed by atoms with Gasteiger partial charge in [-0.05, 0) is 57.4 Å². The fourth-order valence-electron chi connectivity index (χ4n) is 3.37. The van der Waals surface area contributed by atoms with Crippen LogP contribution in [0.5, 0.6) is 0 Å². The van der Waals surface area contributed by atoms with Crippen LogP contribution in [0, 0.1) is 5.92 Å². The second kappa shape index (κ2) is 9.37. The van der Waals surface area contributed by atoms with Gasteiger partial charge in [0.05, 0.1) is 5.75 Å². The van der Waals surface area contributed by atoms with Crippen molar-refractivity contribution in [3.63, 3.8) is 0 Å². The number of nitrogens with zero attached hydrogens (tertiary/aromatic N) is 2. The van der Waals surface area contributed by atoms with Gasteiger partial charge in [0.15, 0.2) is 0 Å². The molecule has 2 rings (SSSR count). The van der Waals surface area contributed by atoms with Crippen LogP contribution in [0.15, 0.2) is 24.3 Å². The van der Waals surface area contributed by atoms with Crippen molar-refractivity contribution < 1.29 is 13.2 Å². The van der Waals surface area contributed by atoms with E-state index in [0.717, 1.165) is 24.5 Å². The Kier molecular flexibility index (Phi) is 7.46. The molecule has 6 nitrogen and oxygen atoms in total. The number of nitrogens with one attached hydrogen (secondary N) is 1. The molecule has 1 aromatic carbocycles. The standard InChI is InChI=1S/C19H31N3O3S/c1-4-15-26(24,25)22-13-11-16(12-14-22)19(23)20-17-7-9-18(10-8-17)21(5-2)6-3/h7-10,16H,4-6,11-15H2,1-3H3,(H,20,23). The zero-order valence-corrected chi connectivity index (χ0v) is 16.9. The third kappa shape index (κ3) is 5.20. The van der Waals surface area contributed by atoms with Gasteiger partial charge >= 0.3 is 0 Å². The molecule has 7 heteroatoms. The molecule has 1 amide bonds. The number of carbonyl (C=O) groups excluding carboxylic acids is 1. The Labute approximate surface area is 157 Å². The first-order valence-corrected chi connectivity index (χ1v) is 11.2. The van der Waals surface area contributed by atoms with E-state index in [-0.39, 0.29) is 17.6 Å². The summed E-state index contributed by atoms with van der Waals surface area (Å²) in [4.78, 5) is 14.7. The third-order valence-corrected chi connectivity index (χ3v) is 7.02. The number of piperidine rings is 1. The number of carbonyl (C=O) groups is 1. The molecule has 1 N–H and O–H groups in total. The summed E-state index contributed by atoms with van der Waals surface area (Å²) in [6.07, 6.45) is 1.77. The predicted molar refractivity (Wildman–Crippen MR) is 107 cm³/mol. The topological polar surface area (TPSA) is 69.7 Å². The van der Waals surface area contributed by atoms with E-state index < -0.39 is 10.0 Å². The zero-order valence-electron chi connectivity index (χ0n) is 16.1. The van der Waals surface area contributed by atoms with Crippen LogP contribution in [0.25, 0.3) is 0 Å². The number of hydrogen-bond acceptors (Lipinski definition) is 4. The Morgan fingerprint density at radius 2 is 1.69 bits per heavy atom. The van der Waals surface area contributed by atoms with E-state index in [4.69, 9.17) is 0 Å². The first kappa shape index (κ1) is 20.7. The summed E-state index contributed by atoms with van der Waals surface area (Å²) < 4.78 is 25.7. The quantitative estimate of drug-likeness (QED) is 0.752. The highest BCUT2D eigenvalue weighted by molar-refractivity contribution is 7.89. The normalized spacial score (nSPS) is 16.4. The summed E-state index contributed by atoms with van der Waals surface area (Å²) in [6, 6.07) is 7.88. The molecule has 0 spiro atoms. The van der Waals surface area contributed by atoms with Gasteiger partial charge in [0.2, 0.25) is 15.9 Å². The summed E-state index contributed by atoms with van der Waals surface area (Å²) in [7, 11) is -3.16. The molecule has 1 aliphatic rings. The summed E-state index contributed by atoms with van der Waals surface area (Å²) in [6.45, 7) is 8.86. The number of hydrogen-bond donors (Lipinski definition) is 1. The third-order valence-electron chi connectivity index (χ3n) is 4.94. The predicted octanol–water partition coefficient (Wildman–Crippen LogP) is 2.92. The van der Waals surface area contributed by atoms with E-state index in [9.17, 15) is 13.2 Å². The molecule has 0 saturated carbocycles. The minimum Gasteiger partial charge on any atom is -0.372 e. The fraction of sp³-hybridized carbons (Fsp3) is 0.632. The van der Waals surface area contributed by atoms with Gasteiger partial charge in [0.25, 0.3) is 0 Å². The van der Waals surface area contributed by atoms with Gasteiger partial charge in [-0.15, -0.1) is 0 Å². The Morgan fingerprint density at radius 3 is 2.19 bits per heavy atom. The second-order valence-electron chi connectivity index (χ2n) is 6.70. The van der Waals surface area contributed by atoms with E-state index in [1.165, 1.54) is 4.31 Å². The second-order valence-corrected chi connectivity index (χ2v) is 8.79. The van der Waals surface area contributed by atoms with Crippen LogP contribution in [0.2, 0.25) is 0 Å². The van der Waals surface area contributed by atoms with Crippen LogP contribution >= 0.6 is 0 Å². The van der Waals surface area contributed by atoms with Crippen LogP contribution in [0.3, 0.4) is 0 Å². The van der Waals surface area contributed by atoms with Crippen molar-refractivity contribution in [3.05, 3.63) is 24.3 Å². The first-order chi connectivity index (χ1) is 12.4. The van der Waals surface area contributed by atoms with Crippen LogP contribution in [0.1, 0.15) is 40.0 Å². The van der Waals surface area contributed by atoms with Crippen LogP contribution in [-0.2, 0) is 14.8 Å². The highest BCUT2D eigenvalue weighted by Crippen LogP contribution is 2.23. The SMILES string of the molecule is CCCS(=O)(=O)N1CCC(C(=O)Nc2ccc(N(CC)CC)cc2)CC1. The van der Waals surface area contributed by atoms with Crippen molar-refractivity contribution in [2.75, 3.05) is 42.1 Å². The van der Waals surface area contributed by atoms with E-state index in [2.05, 4.69) is 24.1 Å². The molecule has 0 radical (unpaired) electrons. The number of anilines is 2. The summed E-state index contributed by atoms with van der Waals surface area (Å²) >= 11 is 0. The lowest BCUT2D eigenvalue weighted by molar-refractivity contribution is -0.120. The van der Waals surface area contributed by atoms with Crippen molar-refractivity contribution >= 4 is 27.3 Å². The Bertz CT molecular complexity index is 676. The molecular formula is C19H31N3O3S. The summed E-state index contributed by atoms with van der Waals surface area (Å²) in [5, 5.41) is 2.97. The Balaban J connectivity index is 1.89. The smallest absolute Gasteiger partial charge is 0.227 e. The number of amides is 1. The molecule has 1 heterocycles. The molecule has 0 unspecified atom stereocenters. The molecule has 1 aromatic rings. The van der Waals surface area contributed by atoms with Crippen LogP contribution in [0.4, 0.5) is 11.4 Å². The summed E-state index contributed by atoms with van der Waals surface area (Å²) in [5.41, 5.74) is 1.93. The molecule has 0 aromatic heterocycles. The van der Waals surface area contributed by atoms with Gasteiger partial charge < -0.3 is 10.2 Å². The number of sulfonamides is 1.